The van der Waals surface area contributed by atoms with Crippen LogP contribution in [0.4, 0.5) is 0 Å². The first-order chi connectivity index (χ1) is 18.1. The molecular formula is C29H24N2O6. The van der Waals surface area contributed by atoms with E-state index in [1.165, 1.54) is 12.3 Å². The molecule has 0 aliphatic carbocycles. The van der Waals surface area contributed by atoms with E-state index in [0.29, 0.717) is 41.0 Å². The van der Waals surface area contributed by atoms with Crippen LogP contribution in [-0.2, 0) is 11.2 Å². The van der Waals surface area contributed by atoms with Crippen LogP contribution in [0.15, 0.2) is 82.3 Å². The van der Waals surface area contributed by atoms with Crippen molar-refractivity contribution >= 4 is 27.8 Å². The first kappa shape index (κ1) is 22.7. The minimum Gasteiger partial charge on any atom is -0.508 e. The molecule has 3 aromatic carbocycles. The summed E-state index contributed by atoms with van der Waals surface area (Å²) in [6, 6.07) is 18.0. The van der Waals surface area contributed by atoms with Gasteiger partial charge in [0.25, 0.3) is 0 Å². The Morgan fingerprint density at radius 3 is 2.62 bits per heavy atom. The van der Waals surface area contributed by atoms with Gasteiger partial charge in [0.05, 0.1) is 11.6 Å². The summed E-state index contributed by atoms with van der Waals surface area (Å²) >= 11 is 0. The highest BCUT2D eigenvalue weighted by Crippen LogP contribution is 2.42. The van der Waals surface area contributed by atoms with Crippen molar-refractivity contribution < 1.29 is 23.8 Å². The number of aromatic hydroxyl groups is 1. The molecule has 0 fully saturated rings. The fourth-order valence-electron chi connectivity index (χ4n) is 4.88. The van der Waals surface area contributed by atoms with E-state index in [1.807, 2.05) is 30.5 Å². The third-order valence-electron chi connectivity index (χ3n) is 6.76. The maximum absolute atomic E-state index is 13.4. The second-order valence-electron chi connectivity index (χ2n) is 9.00. The molecule has 1 aliphatic rings. The summed E-state index contributed by atoms with van der Waals surface area (Å²) in [6.07, 6.45) is 3.90. The molecule has 0 radical (unpaired) electrons. The van der Waals surface area contributed by atoms with Gasteiger partial charge in [0.1, 0.15) is 11.3 Å². The van der Waals surface area contributed by atoms with Gasteiger partial charge in [-0.15, -0.1) is 0 Å². The average Bonchev–Trinajstić information content (AvgIpc) is 3.54. The molecule has 1 amide bonds. The Morgan fingerprint density at radius 1 is 1.00 bits per heavy atom. The van der Waals surface area contributed by atoms with E-state index in [0.717, 1.165) is 16.5 Å². The van der Waals surface area contributed by atoms with Gasteiger partial charge in [-0.25, -0.2) is 0 Å². The number of hydrogen-bond donors (Lipinski definition) is 3. The van der Waals surface area contributed by atoms with Crippen molar-refractivity contribution in [3.8, 4) is 17.2 Å². The zero-order valence-corrected chi connectivity index (χ0v) is 19.8. The highest BCUT2D eigenvalue weighted by molar-refractivity contribution is 5.83. The number of amides is 1. The van der Waals surface area contributed by atoms with E-state index in [-0.39, 0.29) is 35.9 Å². The Morgan fingerprint density at radius 2 is 1.76 bits per heavy atom. The quantitative estimate of drug-likeness (QED) is 0.304. The first-order valence-electron chi connectivity index (χ1n) is 12.0. The lowest BCUT2D eigenvalue weighted by Gasteiger charge is -2.19. The minimum atomic E-state index is -0.761. The molecule has 3 heterocycles. The van der Waals surface area contributed by atoms with Gasteiger partial charge >= 0.3 is 0 Å². The maximum Gasteiger partial charge on any atom is 0.231 e. The summed E-state index contributed by atoms with van der Waals surface area (Å²) in [6.45, 7) is 0.460. The van der Waals surface area contributed by atoms with Gasteiger partial charge in [0.2, 0.25) is 12.7 Å². The highest BCUT2D eigenvalue weighted by Gasteiger charge is 2.28. The Kier molecular flexibility index (Phi) is 5.76. The summed E-state index contributed by atoms with van der Waals surface area (Å²) in [5.74, 6) is -0.247. The number of nitrogens with one attached hydrogen (secondary N) is 2. The molecule has 0 saturated heterocycles. The number of fused-ring (bicyclic) bond motifs is 3. The summed E-state index contributed by atoms with van der Waals surface area (Å²) < 4.78 is 16.6. The molecule has 8 heteroatoms. The monoisotopic (exact) mass is 496 g/mol. The number of hydrogen-bond acceptors (Lipinski definition) is 6. The van der Waals surface area contributed by atoms with Crippen molar-refractivity contribution in [1.82, 2.24) is 10.3 Å². The van der Waals surface area contributed by atoms with Crippen LogP contribution < -0.4 is 20.2 Å². The van der Waals surface area contributed by atoms with Gasteiger partial charge in [0.15, 0.2) is 16.9 Å². The van der Waals surface area contributed by atoms with Gasteiger partial charge < -0.3 is 29.3 Å². The average molecular weight is 497 g/mol. The van der Waals surface area contributed by atoms with Crippen molar-refractivity contribution in [3.05, 3.63) is 100 Å². The van der Waals surface area contributed by atoms with Crippen molar-refractivity contribution in [2.24, 2.45) is 0 Å². The van der Waals surface area contributed by atoms with Crippen molar-refractivity contribution in [2.75, 3.05) is 13.3 Å². The second kappa shape index (κ2) is 9.39. The molecule has 2 aromatic heterocycles. The lowest BCUT2D eigenvalue weighted by atomic mass is 9.87. The van der Waals surface area contributed by atoms with Gasteiger partial charge in [-0.3, -0.25) is 9.59 Å². The molecular weight excluding hydrogens is 472 g/mol. The topological polar surface area (TPSA) is 114 Å². The Hall–Kier alpha value is -4.72. The van der Waals surface area contributed by atoms with Crippen LogP contribution in [0.25, 0.3) is 21.9 Å². The normalized spacial score (nSPS) is 13.2. The SMILES string of the molecule is O=C(C[C@H](c1cc2c(cc1O)OCO2)c1coc2ccccc2c1=O)NCCc1c[nH]c2ccccc12. The molecule has 186 valence electrons. The molecule has 3 N–H and O–H groups in total. The number of rotatable bonds is 7. The lowest BCUT2D eigenvalue weighted by Crippen LogP contribution is -2.28. The second-order valence-corrected chi connectivity index (χ2v) is 9.00. The van der Waals surface area contributed by atoms with Crippen LogP contribution in [0.3, 0.4) is 0 Å². The first-order valence-corrected chi connectivity index (χ1v) is 12.0. The number of ether oxygens (including phenoxy) is 2. The Bertz CT molecular complexity index is 1690. The molecule has 1 aliphatic heterocycles. The molecule has 37 heavy (non-hydrogen) atoms. The van der Waals surface area contributed by atoms with Gasteiger partial charge in [0, 0.05) is 53.2 Å². The fourth-order valence-corrected chi connectivity index (χ4v) is 4.88. The van der Waals surface area contributed by atoms with Crippen LogP contribution in [0.5, 0.6) is 17.2 Å². The molecule has 0 spiro atoms. The maximum atomic E-state index is 13.4. The standard InChI is InChI=1S/C29H24N2O6/c32-24-13-27-26(36-16-37-27)11-21(24)20(22-15-35-25-8-4-2-6-19(25)29(22)34)12-28(33)30-10-9-17-14-31-23-7-3-1-5-18(17)23/h1-8,11,13-15,20,31-32H,9-10,12,16H2,(H,30,33)/t20-/m1/s1. The largest absolute Gasteiger partial charge is 0.508 e. The van der Waals surface area contributed by atoms with Gasteiger partial charge in [-0.05, 0) is 36.2 Å². The number of aromatic nitrogens is 1. The smallest absolute Gasteiger partial charge is 0.231 e. The number of H-pyrrole nitrogens is 1. The lowest BCUT2D eigenvalue weighted by molar-refractivity contribution is -0.121. The number of aromatic amines is 1. The number of phenols is 1. The van der Waals surface area contributed by atoms with Crippen molar-refractivity contribution in [3.63, 3.8) is 0 Å². The number of phenolic OH excluding ortho intramolecular Hbond substituents is 1. The van der Waals surface area contributed by atoms with Crippen LogP contribution in [0.1, 0.15) is 29.0 Å². The number of carbonyl (C=O) groups excluding carboxylic acids is 1. The van der Waals surface area contributed by atoms with Crippen LogP contribution in [0, 0.1) is 0 Å². The van der Waals surface area contributed by atoms with E-state index in [9.17, 15) is 14.7 Å². The summed E-state index contributed by atoms with van der Waals surface area (Å²) in [5.41, 5.74) is 3.02. The third-order valence-corrected chi connectivity index (χ3v) is 6.76. The summed E-state index contributed by atoms with van der Waals surface area (Å²) in [5, 5.41) is 15.3. The molecule has 0 bridgehead atoms. The van der Waals surface area contributed by atoms with Crippen molar-refractivity contribution in [1.29, 1.82) is 0 Å². The molecule has 6 rings (SSSR count). The number of para-hydroxylation sites is 2. The van der Waals surface area contributed by atoms with Crippen molar-refractivity contribution in [2.45, 2.75) is 18.8 Å². The Balaban J connectivity index is 1.29. The number of benzene rings is 3. The van der Waals surface area contributed by atoms with E-state index in [1.54, 1.807) is 30.3 Å². The predicted molar refractivity (Wildman–Crippen MR) is 138 cm³/mol. The third kappa shape index (κ3) is 4.27. The van der Waals surface area contributed by atoms with E-state index < -0.39 is 5.92 Å². The van der Waals surface area contributed by atoms with E-state index in [2.05, 4.69) is 10.3 Å². The highest BCUT2D eigenvalue weighted by atomic mass is 16.7. The number of carbonyl (C=O) groups is 1. The fraction of sp³-hybridized carbons (Fsp3) is 0.172. The molecule has 8 nitrogen and oxygen atoms in total. The van der Waals surface area contributed by atoms with Crippen LogP contribution >= 0.6 is 0 Å². The minimum absolute atomic E-state index is 0.0370. The summed E-state index contributed by atoms with van der Waals surface area (Å²) in [4.78, 5) is 29.8. The van der Waals surface area contributed by atoms with Gasteiger partial charge in [-0.2, -0.15) is 0 Å². The zero-order valence-electron chi connectivity index (χ0n) is 19.8. The van der Waals surface area contributed by atoms with E-state index >= 15 is 0 Å². The molecule has 0 unspecified atom stereocenters. The van der Waals surface area contributed by atoms with E-state index in [4.69, 9.17) is 13.9 Å². The molecule has 5 aromatic rings. The summed E-state index contributed by atoms with van der Waals surface area (Å²) in [7, 11) is 0. The Labute approximate surface area is 211 Å². The van der Waals surface area contributed by atoms with Crippen LogP contribution in [0.2, 0.25) is 0 Å². The van der Waals surface area contributed by atoms with Crippen LogP contribution in [-0.4, -0.2) is 29.3 Å². The molecule has 0 saturated carbocycles. The van der Waals surface area contributed by atoms with Gasteiger partial charge in [-0.1, -0.05) is 30.3 Å². The zero-order chi connectivity index (χ0) is 25.4. The predicted octanol–water partition coefficient (Wildman–Crippen LogP) is 4.59. The molecule has 1 atom stereocenters.